The third-order valence-electron chi connectivity index (χ3n) is 2.94. The summed E-state index contributed by atoms with van der Waals surface area (Å²) in [5.74, 6) is 0.598. The summed E-state index contributed by atoms with van der Waals surface area (Å²) in [6, 6.07) is 11.0. The summed E-state index contributed by atoms with van der Waals surface area (Å²) >= 11 is 0. The van der Waals surface area contributed by atoms with Gasteiger partial charge in [0.05, 0.1) is 6.10 Å². The van der Waals surface area contributed by atoms with E-state index in [0.29, 0.717) is 11.3 Å². The van der Waals surface area contributed by atoms with Crippen molar-refractivity contribution in [1.82, 2.24) is 0 Å². The van der Waals surface area contributed by atoms with Crippen LogP contribution in [0.15, 0.2) is 36.4 Å². The van der Waals surface area contributed by atoms with E-state index in [-0.39, 0.29) is 19.0 Å². The Morgan fingerprint density at radius 1 is 1.20 bits per heavy atom. The first-order valence-corrected chi connectivity index (χ1v) is 6.48. The molecule has 0 saturated carbocycles. The number of benzene rings is 2. The normalized spacial score (nSPS) is 12.3. The van der Waals surface area contributed by atoms with Gasteiger partial charge in [0.1, 0.15) is 19.0 Å². The second-order valence-corrected chi connectivity index (χ2v) is 4.67. The van der Waals surface area contributed by atoms with Crippen LogP contribution in [0.3, 0.4) is 0 Å². The standard InChI is InChI=1S/C16H18O4/c1-11(17)9-20-16-8-7-13(15(18)10-19-2)12-5-3-4-6-14(12)16/h3-8,11,17H,9-10H2,1-2H3. The van der Waals surface area contributed by atoms with Crippen LogP contribution in [0.1, 0.15) is 17.3 Å². The van der Waals surface area contributed by atoms with E-state index >= 15 is 0 Å². The first-order chi connectivity index (χ1) is 9.63. The molecule has 0 amide bonds. The van der Waals surface area contributed by atoms with Crippen molar-refractivity contribution in [2.24, 2.45) is 0 Å². The van der Waals surface area contributed by atoms with E-state index in [9.17, 15) is 9.90 Å². The van der Waals surface area contributed by atoms with Crippen LogP contribution in [0.2, 0.25) is 0 Å². The van der Waals surface area contributed by atoms with Crippen molar-refractivity contribution in [2.45, 2.75) is 13.0 Å². The van der Waals surface area contributed by atoms with Gasteiger partial charge in [-0.15, -0.1) is 0 Å². The van der Waals surface area contributed by atoms with Crippen LogP contribution in [-0.4, -0.2) is 37.3 Å². The maximum atomic E-state index is 12.0. The molecule has 0 aliphatic rings. The van der Waals surface area contributed by atoms with Crippen LogP contribution < -0.4 is 4.74 Å². The number of carbonyl (C=O) groups excluding carboxylic acids is 1. The van der Waals surface area contributed by atoms with E-state index in [1.54, 1.807) is 19.1 Å². The lowest BCUT2D eigenvalue weighted by Crippen LogP contribution is -2.13. The molecule has 1 unspecified atom stereocenters. The molecule has 4 nitrogen and oxygen atoms in total. The number of rotatable bonds is 6. The topological polar surface area (TPSA) is 55.8 Å². The second-order valence-electron chi connectivity index (χ2n) is 4.67. The van der Waals surface area contributed by atoms with Crippen molar-refractivity contribution in [2.75, 3.05) is 20.3 Å². The number of methoxy groups -OCH3 is 1. The Balaban J connectivity index is 2.44. The van der Waals surface area contributed by atoms with E-state index in [0.717, 1.165) is 10.8 Å². The van der Waals surface area contributed by atoms with E-state index in [1.165, 1.54) is 7.11 Å². The summed E-state index contributed by atoms with van der Waals surface area (Å²) < 4.78 is 10.5. The molecule has 0 aliphatic heterocycles. The predicted octanol–water partition coefficient (Wildman–Crippen LogP) is 2.43. The average molecular weight is 274 g/mol. The largest absolute Gasteiger partial charge is 0.490 e. The highest BCUT2D eigenvalue weighted by Gasteiger charge is 2.13. The third kappa shape index (κ3) is 3.15. The lowest BCUT2D eigenvalue weighted by Gasteiger charge is -2.13. The van der Waals surface area contributed by atoms with Gasteiger partial charge in [0.25, 0.3) is 0 Å². The Morgan fingerprint density at radius 2 is 1.90 bits per heavy atom. The smallest absolute Gasteiger partial charge is 0.189 e. The van der Waals surface area contributed by atoms with Gasteiger partial charge >= 0.3 is 0 Å². The van der Waals surface area contributed by atoms with Gasteiger partial charge < -0.3 is 14.6 Å². The minimum absolute atomic E-state index is 0.0534. The van der Waals surface area contributed by atoms with Gasteiger partial charge in [-0.2, -0.15) is 0 Å². The van der Waals surface area contributed by atoms with Crippen LogP contribution in [0, 0.1) is 0 Å². The lowest BCUT2D eigenvalue weighted by atomic mass is 10.0. The number of hydrogen-bond acceptors (Lipinski definition) is 4. The number of fused-ring (bicyclic) bond motifs is 1. The Labute approximate surface area is 117 Å². The van der Waals surface area contributed by atoms with E-state index in [2.05, 4.69) is 0 Å². The fourth-order valence-corrected chi connectivity index (χ4v) is 2.06. The molecule has 0 bridgehead atoms. The Hall–Kier alpha value is -1.91. The van der Waals surface area contributed by atoms with Crippen molar-refractivity contribution in [3.63, 3.8) is 0 Å². The molecule has 106 valence electrons. The SMILES string of the molecule is COCC(=O)c1ccc(OCC(C)O)c2ccccc12. The number of carbonyl (C=O) groups is 1. The predicted molar refractivity (Wildman–Crippen MR) is 77.3 cm³/mol. The monoisotopic (exact) mass is 274 g/mol. The first-order valence-electron chi connectivity index (χ1n) is 6.48. The molecule has 4 heteroatoms. The van der Waals surface area contributed by atoms with Gasteiger partial charge in [-0.1, -0.05) is 24.3 Å². The summed E-state index contributed by atoms with van der Waals surface area (Å²) in [6.07, 6.45) is -0.538. The molecule has 1 atom stereocenters. The molecule has 0 saturated heterocycles. The number of ether oxygens (including phenoxy) is 2. The van der Waals surface area contributed by atoms with Gasteiger partial charge in [-0.05, 0) is 24.4 Å². The minimum atomic E-state index is -0.538. The zero-order valence-electron chi connectivity index (χ0n) is 11.6. The third-order valence-corrected chi connectivity index (χ3v) is 2.94. The first kappa shape index (κ1) is 14.5. The van der Waals surface area contributed by atoms with Crippen LogP contribution in [0.4, 0.5) is 0 Å². The molecule has 0 spiro atoms. The molecule has 0 heterocycles. The molecule has 0 fully saturated rings. The summed E-state index contributed by atoms with van der Waals surface area (Å²) in [6.45, 7) is 1.94. The van der Waals surface area contributed by atoms with Crippen molar-refractivity contribution < 1.29 is 19.4 Å². The van der Waals surface area contributed by atoms with E-state index in [4.69, 9.17) is 9.47 Å². The summed E-state index contributed by atoms with van der Waals surface area (Å²) in [5.41, 5.74) is 0.617. The van der Waals surface area contributed by atoms with Crippen molar-refractivity contribution in [1.29, 1.82) is 0 Å². The van der Waals surface area contributed by atoms with Crippen LogP contribution in [0.5, 0.6) is 5.75 Å². The molecular formula is C16H18O4. The highest BCUT2D eigenvalue weighted by Crippen LogP contribution is 2.29. The average Bonchev–Trinajstić information content (AvgIpc) is 2.44. The van der Waals surface area contributed by atoms with Gasteiger partial charge in [0.15, 0.2) is 5.78 Å². The number of hydrogen-bond donors (Lipinski definition) is 1. The van der Waals surface area contributed by atoms with Gasteiger partial charge in [-0.3, -0.25) is 4.79 Å². The van der Waals surface area contributed by atoms with Crippen LogP contribution in [-0.2, 0) is 4.74 Å². The number of ketones is 1. The molecular weight excluding hydrogens is 256 g/mol. The van der Waals surface area contributed by atoms with E-state index in [1.807, 2.05) is 24.3 Å². The molecule has 20 heavy (non-hydrogen) atoms. The van der Waals surface area contributed by atoms with Crippen molar-refractivity contribution in [3.8, 4) is 5.75 Å². The fraction of sp³-hybridized carbons (Fsp3) is 0.312. The Morgan fingerprint density at radius 3 is 2.55 bits per heavy atom. The number of aliphatic hydroxyl groups excluding tert-OH is 1. The molecule has 1 N–H and O–H groups in total. The molecule has 0 radical (unpaired) electrons. The van der Waals surface area contributed by atoms with Gasteiger partial charge in [-0.25, -0.2) is 0 Å². The van der Waals surface area contributed by atoms with E-state index < -0.39 is 6.10 Å². The summed E-state index contributed by atoms with van der Waals surface area (Å²) in [7, 11) is 1.50. The molecule has 2 aromatic rings. The number of aliphatic hydroxyl groups is 1. The zero-order chi connectivity index (χ0) is 14.5. The molecule has 2 aromatic carbocycles. The fourth-order valence-electron chi connectivity index (χ4n) is 2.06. The van der Waals surface area contributed by atoms with Gasteiger partial charge in [0, 0.05) is 18.1 Å². The molecule has 2 rings (SSSR count). The highest BCUT2D eigenvalue weighted by molar-refractivity contribution is 6.10. The maximum Gasteiger partial charge on any atom is 0.189 e. The zero-order valence-corrected chi connectivity index (χ0v) is 11.6. The molecule has 0 aliphatic carbocycles. The summed E-state index contributed by atoms with van der Waals surface area (Å²) in [4.78, 5) is 12.0. The quantitative estimate of drug-likeness (QED) is 0.822. The van der Waals surface area contributed by atoms with Crippen molar-refractivity contribution >= 4 is 16.6 Å². The van der Waals surface area contributed by atoms with Crippen molar-refractivity contribution in [3.05, 3.63) is 42.0 Å². The van der Waals surface area contributed by atoms with Crippen LogP contribution >= 0.6 is 0 Å². The second kappa shape index (κ2) is 6.50. The molecule has 0 aromatic heterocycles. The lowest BCUT2D eigenvalue weighted by molar-refractivity contribution is 0.0849. The Bertz CT molecular complexity index is 604. The minimum Gasteiger partial charge on any atom is -0.490 e. The summed E-state index contributed by atoms with van der Waals surface area (Å²) in [5, 5.41) is 11.0. The van der Waals surface area contributed by atoms with Crippen LogP contribution in [0.25, 0.3) is 10.8 Å². The number of Topliss-reactive ketones (excluding diaryl/α,β-unsaturated/α-hetero) is 1. The maximum absolute atomic E-state index is 12.0. The Kier molecular flexibility index (Phi) is 4.71. The van der Waals surface area contributed by atoms with Gasteiger partial charge in [0.2, 0.25) is 0 Å². The highest BCUT2D eigenvalue weighted by atomic mass is 16.5.